The van der Waals surface area contributed by atoms with Crippen LogP contribution in [0.25, 0.3) is 0 Å². The van der Waals surface area contributed by atoms with Gasteiger partial charge in [0.05, 0.1) is 5.56 Å². The standard InChI is InChI=1S/C11H14N2O4S/c1-7(8-2-3-8)13-18(16,17)10-5-4-9(6-12-10)11(14)15/h4-8,13H,2-3H2,1H3,(H,14,15). The van der Waals surface area contributed by atoms with E-state index in [1.165, 1.54) is 12.1 Å². The van der Waals surface area contributed by atoms with E-state index in [0.717, 1.165) is 19.0 Å². The molecule has 0 saturated heterocycles. The molecule has 0 bridgehead atoms. The second-order valence-corrected chi connectivity index (χ2v) is 6.10. The molecule has 1 heterocycles. The lowest BCUT2D eigenvalue weighted by Gasteiger charge is -2.12. The third-order valence-corrected chi connectivity index (χ3v) is 4.40. The van der Waals surface area contributed by atoms with Crippen LogP contribution in [-0.2, 0) is 10.0 Å². The molecule has 1 atom stereocenters. The van der Waals surface area contributed by atoms with Gasteiger partial charge in [-0.05, 0) is 37.8 Å². The molecule has 2 rings (SSSR count). The second-order valence-electron chi connectivity index (χ2n) is 4.44. The summed E-state index contributed by atoms with van der Waals surface area (Å²) in [7, 11) is -3.66. The monoisotopic (exact) mass is 270 g/mol. The van der Waals surface area contributed by atoms with E-state index in [-0.39, 0.29) is 16.6 Å². The van der Waals surface area contributed by atoms with Crippen molar-refractivity contribution < 1.29 is 18.3 Å². The summed E-state index contributed by atoms with van der Waals surface area (Å²) in [6.07, 6.45) is 3.11. The van der Waals surface area contributed by atoms with Crippen LogP contribution in [0, 0.1) is 5.92 Å². The van der Waals surface area contributed by atoms with Crippen molar-refractivity contribution in [2.24, 2.45) is 5.92 Å². The molecular formula is C11H14N2O4S. The Bertz CT molecular complexity index is 549. The van der Waals surface area contributed by atoms with E-state index in [2.05, 4.69) is 9.71 Å². The average Bonchev–Trinajstić information content (AvgIpc) is 3.12. The van der Waals surface area contributed by atoms with Crippen LogP contribution in [0.4, 0.5) is 0 Å². The normalized spacial score (nSPS) is 17.4. The first-order valence-corrected chi connectivity index (χ1v) is 7.10. The minimum Gasteiger partial charge on any atom is -0.478 e. The first kappa shape index (κ1) is 13.0. The van der Waals surface area contributed by atoms with Crippen molar-refractivity contribution in [3.05, 3.63) is 23.9 Å². The molecule has 98 valence electrons. The number of rotatable bonds is 5. The van der Waals surface area contributed by atoms with E-state index >= 15 is 0 Å². The Balaban J connectivity index is 2.15. The molecule has 0 aliphatic heterocycles. The summed E-state index contributed by atoms with van der Waals surface area (Å²) in [6.45, 7) is 1.82. The molecule has 0 spiro atoms. The predicted molar refractivity (Wildman–Crippen MR) is 63.7 cm³/mol. The van der Waals surface area contributed by atoms with Crippen molar-refractivity contribution in [2.75, 3.05) is 0 Å². The molecule has 18 heavy (non-hydrogen) atoms. The Labute approximate surface area is 105 Å². The fourth-order valence-electron chi connectivity index (χ4n) is 1.66. The minimum atomic E-state index is -3.66. The molecule has 1 aliphatic carbocycles. The number of nitrogens with one attached hydrogen (secondary N) is 1. The number of carboxylic acid groups (broad SMARTS) is 1. The van der Waals surface area contributed by atoms with Gasteiger partial charge in [-0.25, -0.2) is 22.9 Å². The van der Waals surface area contributed by atoms with Gasteiger partial charge in [-0.2, -0.15) is 0 Å². The summed E-state index contributed by atoms with van der Waals surface area (Å²) >= 11 is 0. The van der Waals surface area contributed by atoms with E-state index in [1.54, 1.807) is 0 Å². The van der Waals surface area contributed by atoms with Crippen LogP contribution in [0.1, 0.15) is 30.1 Å². The van der Waals surface area contributed by atoms with E-state index in [0.29, 0.717) is 5.92 Å². The Kier molecular flexibility index (Phi) is 3.36. The zero-order valence-corrected chi connectivity index (χ0v) is 10.6. The summed E-state index contributed by atoms with van der Waals surface area (Å²) in [6, 6.07) is 2.31. The van der Waals surface area contributed by atoms with Crippen LogP contribution in [0.3, 0.4) is 0 Å². The van der Waals surface area contributed by atoms with Gasteiger partial charge in [0, 0.05) is 12.2 Å². The molecule has 1 unspecified atom stereocenters. The van der Waals surface area contributed by atoms with Crippen LogP contribution in [0.15, 0.2) is 23.4 Å². The summed E-state index contributed by atoms with van der Waals surface area (Å²) in [4.78, 5) is 14.3. The van der Waals surface area contributed by atoms with Gasteiger partial charge in [-0.15, -0.1) is 0 Å². The number of nitrogens with zero attached hydrogens (tertiary/aromatic N) is 1. The van der Waals surface area contributed by atoms with Crippen LogP contribution < -0.4 is 4.72 Å². The highest BCUT2D eigenvalue weighted by Crippen LogP contribution is 2.32. The highest BCUT2D eigenvalue weighted by Gasteiger charge is 2.31. The number of hydrogen-bond acceptors (Lipinski definition) is 4. The SMILES string of the molecule is CC(NS(=O)(=O)c1ccc(C(=O)O)cn1)C1CC1. The number of carbonyl (C=O) groups is 1. The molecule has 1 saturated carbocycles. The number of carboxylic acids is 1. The van der Waals surface area contributed by atoms with Crippen LogP contribution >= 0.6 is 0 Å². The fraction of sp³-hybridized carbons (Fsp3) is 0.455. The zero-order chi connectivity index (χ0) is 13.3. The quantitative estimate of drug-likeness (QED) is 0.827. The maximum Gasteiger partial charge on any atom is 0.337 e. The zero-order valence-electron chi connectivity index (χ0n) is 9.83. The molecular weight excluding hydrogens is 256 g/mol. The first-order chi connectivity index (χ1) is 8.40. The Morgan fingerprint density at radius 1 is 1.50 bits per heavy atom. The van der Waals surface area contributed by atoms with Crippen LogP contribution in [0.2, 0.25) is 0 Å². The van der Waals surface area contributed by atoms with E-state index < -0.39 is 16.0 Å². The smallest absolute Gasteiger partial charge is 0.337 e. The highest BCUT2D eigenvalue weighted by atomic mass is 32.2. The lowest BCUT2D eigenvalue weighted by atomic mass is 10.2. The van der Waals surface area contributed by atoms with E-state index in [9.17, 15) is 13.2 Å². The number of hydrogen-bond donors (Lipinski definition) is 2. The van der Waals surface area contributed by atoms with Crippen molar-refractivity contribution in [3.63, 3.8) is 0 Å². The summed E-state index contributed by atoms with van der Waals surface area (Å²) < 4.78 is 26.4. The van der Waals surface area contributed by atoms with Crippen LogP contribution in [0.5, 0.6) is 0 Å². The molecule has 1 fully saturated rings. The topological polar surface area (TPSA) is 96.4 Å². The lowest BCUT2D eigenvalue weighted by Crippen LogP contribution is -2.34. The number of aromatic nitrogens is 1. The molecule has 1 aromatic rings. The Morgan fingerprint density at radius 2 is 2.17 bits per heavy atom. The number of pyridine rings is 1. The van der Waals surface area contributed by atoms with Gasteiger partial charge < -0.3 is 5.11 Å². The van der Waals surface area contributed by atoms with Crippen molar-refractivity contribution in [2.45, 2.75) is 30.8 Å². The van der Waals surface area contributed by atoms with Crippen molar-refractivity contribution in [1.82, 2.24) is 9.71 Å². The maximum absolute atomic E-state index is 11.9. The van der Waals surface area contributed by atoms with Gasteiger partial charge in [0.25, 0.3) is 10.0 Å². The second kappa shape index (κ2) is 4.66. The summed E-state index contributed by atoms with van der Waals surface area (Å²) in [5.74, 6) is -0.733. The van der Waals surface area contributed by atoms with Crippen molar-refractivity contribution in [1.29, 1.82) is 0 Å². The fourth-order valence-corrected chi connectivity index (χ4v) is 2.90. The minimum absolute atomic E-state index is 0.0378. The summed E-state index contributed by atoms with van der Waals surface area (Å²) in [5, 5.41) is 8.55. The maximum atomic E-state index is 11.9. The van der Waals surface area contributed by atoms with Gasteiger partial charge in [0.2, 0.25) is 0 Å². The Morgan fingerprint density at radius 3 is 2.61 bits per heavy atom. The average molecular weight is 270 g/mol. The largest absolute Gasteiger partial charge is 0.478 e. The molecule has 0 radical (unpaired) electrons. The molecule has 0 aromatic carbocycles. The molecule has 7 heteroatoms. The highest BCUT2D eigenvalue weighted by molar-refractivity contribution is 7.89. The van der Waals surface area contributed by atoms with Gasteiger partial charge in [-0.1, -0.05) is 0 Å². The number of aromatic carboxylic acids is 1. The molecule has 0 amide bonds. The molecule has 6 nitrogen and oxygen atoms in total. The molecule has 1 aliphatic rings. The van der Waals surface area contributed by atoms with E-state index in [4.69, 9.17) is 5.11 Å². The van der Waals surface area contributed by atoms with Crippen molar-refractivity contribution >= 4 is 16.0 Å². The van der Waals surface area contributed by atoms with Crippen LogP contribution in [-0.4, -0.2) is 30.5 Å². The van der Waals surface area contributed by atoms with Crippen molar-refractivity contribution in [3.8, 4) is 0 Å². The third-order valence-electron chi connectivity index (χ3n) is 2.93. The van der Waals surface area contributed by atoms with Gasteiger partial charge in [0.1, 0.15) is 0 Å². The Hall–Kier alpha value is -1.47. The first-order valence-electron chi connectivity index (χ1n) is 5.62. The predicted octanol–water partition coefficient (Wildman–Crippen LogP) is 0.857. The third kappa shape index (κ3) is 2.85. The lowest BCUT2D eigenvalue weighted by molar-refractivity contribution is 0.0696. The summed E-state index contributed by atoms with van der Waals surface area (Å²) in [5.41, 5.74) is -0.0378. The van der Waals surface area contributed by atoms with Gasteiger partial charge in [-0.3, -0.25) is 0 Å². The number of sulfonamides is 1. The molecule has 1 aromatic heterocycles. The van der Waals surface area contributed by atoms with Gasteiger partial charge >= 0.3 is 5.97 Å². The van der Waals surface area contributed by atoms with Gasteiger partial charge in [0.15, 0.2) is 5.03 Å². The molecule has 2 N–H and O–H groups in total. The van der Waals surface area contributed by atoms with E-state index in [1.807, 2.05) is 6.92 Å².